The molecule has 1 aliphatic heterocycles. The number of aliphatic hydroxyl groups is 1. The van der Waals surface area contributed by atoms with Crippen LogP contribution in [0.2, 0.25) is 0 Å². The Morgan fingerprint density at radius 1 is 1.04 bits per heavy atom. The zero-order valence-corrected chi connectivity index (χ0v) is 14.7. The number of imide groups is 1. The maximum absolute atomic E-state index is 12.7. The van der Waals surface area contributed by atoms with Gasteiger partial charge in [0.2, 0.25) is 0 Å². The third kappa shape index (κ3) is 3.59. The zero-order chi connectivity index (χ0) is 18.7. The average Bonchev–Trinajstić information content (AvgIpc) is 2.85. The van der Waals surface area contributed by atoms with Crippen LogP contribution in [-0.4, -0.2) is 33.4 Å². The second-order valence-corrected chi connectivity index (χ2v) is 6.50. The Labute approximate surface area is 151 Å². The minimum absolute atomic E-state index is 0.0134. The van der Waals surface area contributed by atoms with Gasteiger partial charge in [-0.15, -0.1) is 0 Å². The standard InChI is InChI=1S/C20H20N2O4/c1-13(2)12-26-16-5-3-15(4-6-16)17-18(23)20(25)22(19(17)24)11-14-7-9-21-10-8-14/h3-10,13,23H,11-12H2,1-2H3. The largest absolute Gasteiger partial charge is 0.502 e. The highest BCUT2D eigenvalue weighted by Gasteiger charge is 2.39. The normalized spacial score (nSPS) is 14.5. The lowest BCUT2D eigenvalue weighted by Gasteiger charge is -2.14. The number of pyridine rings is 1. The molecule has 0 bridgehead atoms. The molecule has 0 spiro atoms. The molecule has 2 aromatic rings. The molecule has 1 aromatic heterocycles. The fourth-order valence-corrected chi connectivity index (χ4v) is 2.62. The van der Waals surface area contributed by atoms with E-state index in [9.17, 15) is 14.7 Å². The van der Waals surface area contributed by atoms with Crippen molar-refractivity contribution in [3.63, 3.8) is 0 Å². The van der Waals surface area contributed by atoms with Gasteiger partial charge >= 0.3 is 0 Å². The molecule has 0 saturated heterocycles. The minimum Gasteiger partial charge on any atom is -0.502 e. The van der Waals surface area contributed by atoms with Crippen LogP contribution < -0.4 is 4.74 Å². The third-order valence-electron chi connectivity index (χ3n) is 3.96. The Hall–Kier alpha value is -3.15. The number of aliphatic hydroxyl groups excluding tert-OH is 1. The number of amides is 2. The Bertz CT molecular complexity index is 842. The lowest BCUT2D eigenvalue weighted by molar-refractivity contribution is -0.138. The van der Waals surface area contributed by atoms with Crippen LogP contribution in [0.1, 0.15) is 25.0 Å². The molecule has 2 heterocycles. The van der Waals surface area contributed by atoms with Crippen LogP contribution in [0.25, 0.3) is 5.57 Å². The van der Waals surface area contributed by atoms with Crippen LogP contribution in [0, 0.1) is 5.92 Å². The quantitative estimate of drug-likeness (QED) is 0.809. The topological polar surface area (TPSA) is 79.7 Å². The van der Waals surface area contributed by atoms with E-state index in [1.165, 1.54) is 0 Å². The molecule has 0 radical (unpaired) electrons. The van der Waals surface area contributed by atoms with E-state index >= 15 is 0 Å². The van der Waals surface area contributed by atoms with Gasteiger partial charge in [0, 0.05) is 12.4 Å². The van der Waals surface area contributed by atoms with E-state index in [1.807, 2.05) is 0 Å². The fraction of sp³-hybridized carbons (Fsp3) is 0.250. The van der Waals surface area contributed by atoms with Gasteiger partial charge in [0.25, 0.3) is 11.8 Å². The molecule has 0 aliphatic carbocycles. The summed E-state index contributed by atoms with van der Waals surface area (Å²) in [4.78, 5) is 29.9. The number of hydrogen-bond acceptors (Lipinski definition) is 5. The third-order valence-corrected chi connectivity index (χ3v) is 3.96. The van der Waals surface area contributed by atoms with Crippen molar-refractivity contribution in [2.75, 3.05) is 6.61 Å². The molecule has 0 atom stereocenters. The predicted octanol–water partition coefficient (Wildman–Crippen LogP) is 2.95. The van der Waals surface area contributed by atoms with E-state index in [-0.39, 0.29) is 12.1 Å². The number of ether oxygens (including phenoxy) is 1. The first kappa shape index (κ1) is 17.7. The number of hydrogen-bond donors (Lipinski definition) is 1. The fourth-order valence-electron chi connectivity index (χ4n) is 2.62. The van der Waals surface area contributed by atoms with Crippen LogP contribution in [-0.2, 0) is 16.1 Å². The number of rotatable bonds is 6. The lowest BCUT2D eigenvalue weighted by Crippen LogP contribution is -2.31. The van der Waals surface area contributed by atoms with Gasteiger partial charge in [-0.25, -0.2) is 0 Å². The van der Waals surface area contributed by atoms with Crippen LogP contribution in [0.4, 0.5) is 0 Å². The van der Waals surface area contributed by atoms with Gasteiger partial charge in [-0.3, -0.25) is 19.5 Å². The zero-order valence-electron chi connectivity index (χ0n) is 14.7. The smallest absolute Gasteiger partial charge is 0.296 e. The van der Waals surface area contributed by atoms with Gasteiger partial charge in [0.1, 0.15) is 5.75 Å². The van der Waals surface area contributed by atoms with Gasteiger partial charge < -0.3 is 9.84 Å². The lowest BCUT2D eigenvalue weighted by atomic mass is 10.1. The molecule has 26 heavy (non-hydrogen) atoms. The van der Waals surface area contributed by atoms with E-state index in [0.717, 1.165) is 10.5 Å². The van der Waals surface area contributed by atoms with Crippen molar-refractivity contribution in [3.05, 3.63) is 65.7 Å². The molecule has 6 heteroatoms. The van der Waals surface area contributed by atoms with E-state index < -0.39 is 17.6 Å². The van der Waals surface area contributed by atoms with Crippen molar-refractivity contribution in [1.29, 1.82) is 0 Å². The number of aromatic nitrogens is 1. The SMILES string of the molecule is CC(C)COc1ccc(C2=C(O)C(=O)N(Cc3ccncc3)C2=O)cc1. The Balaban J connectivity index is 1.79. The summed E-state index contributed by atoms with van der Waals surface area (Å²) < 4.78 is 5.61. The first-order valence-corrected chi connectivity index (χ1v) is 8.39. The molecule has 2 amide bonds. The summed E-state index contributed by atoms with van der Waals surface area (Å²) in [5.41, 5.74) is 1.25. The highest BCUT2D eigenvalue weighted by Crippen LogP contribution is 2.30. The molecule has 6 nitrogen and oxygen atoms in total. The monoisotopic (exact) mass is 352 g/mol. The summed E-state index contributed by atoms with van der Waals surface area (Å²) in [6.07, 6.45) is 3.18. The van der Waals surface area contributed by atoms with Crippen LogP contribution in [0.15, 0.2) is 54.6 Å². The highest BCUT2D eigenvalue weighted by molar-refractivity contribution is 6.34. The number of nitrogens with zero attached hydrogens (tertiary/aromatic N) is 2. The van der Waals surface area contributed by atoms with Gasteiger partial charge in [-0.2, -0.15) is 0 Å². The van der Waals surface area contributed by atoms with Crippen molar-refractivity contribution in [2.24, 2.45) is 5.92 Å². The van der Waals surface area contributed by atoms with Gasteiger partial charge in [0.15, 0.2) is 5.76 Å². The van der Waals surface area contributed by atoms with Crippen molar-refractivity contribution in [1.82, 2.24) is 9.88 Å². The summed E-state index contributed by atoms with van der Waals surface area (Å²) in [5.74, 6) is -0.660. The van der Waals surface area contributed by atoms with E-state index in [1.54, 1.807) is 48.8 Å². The van der Waals surface area contributed by atoms with E-state index in [2.05, 4.69) is 18.8 Å². The van der Waals surface area contributed by atoms with Gasteiger partial charge in [0.05, 0.1) is 18.7 Å². The Morgan fingerprint density at radius 2 is 1.69 bits per heavy atom. The molecular weight excluding hydrogens is 332 g/mol. The first-order chi connectivity index (χ1) is 12.5. The van der Waals surface area contributed by atoms with Crippen LogP contribution >= 0.6 is 0 Å². The van der Waals surface area contributed by atoms with Crippen molar-refractivity contribution < 1.29 is 19.4 Å². The summed E-state index contributed by atoms with van der Waals surface area (Å²) in [5, 5.41) is 10.2. The molecule has 0 saturated carbocycles. The molecule has 1 N–H and O–H groups in total. The molecule has 134 valence electrons. The second kappa shape index (κ2) is 7.39. The summed E-state index contributed by atoms with van der Waals surface area (Å²) in [7, 11) is 0. The number of benzene rings is 1. The maximum atomic E-state index is 12.7. The molecule has 0 unspecified atom stereocenters. The van der Waals surface area contributed by atoms with Crippen molar-refractivity contribution in [3.8, 4) is 5.75 Å². The first-order valence-electron chi connectivity index (χ1n) is 8.39. The maximum Gasteiger partial charge on any atom is 0.296 e. The summed E-state index contributed by atoms with van der Waals surface area (Å²) >= 11 is 0. The van der Waals surface area contributed by atoms with Crippen molar-refractivity contribution >= 4 is 17.4 Å². The van der Waals surface area contributed by atoms with Crippen molar-refractivity contribution in [2.45, 2.75) is 20.4 Å². The number of carbonyl (C=O) groups is 2. The second-order valence-electron chi connectivity index (χ2n) is 6.50. The molecule has 0 fully saturated rings. The molecule has 1 aliphatic rings. The van der Waals surface area contributed by atoms with Crippen LogP contribution in [0.5, 0.6) is 5.75 Å². The Morgan fingerprint density at radius 3 is 2.31 bits per heavy atom. The minimum atomic E-state index is -0.693. The summed E-state index contributed by atoms with van der Waals surface area (Å²) in [6.45, 7) is 4.78. The average molecular weight is 352 g/mol. The van der Waals surface area contributed by atoms with Gasteiger partial charge in [-0.05, 0) is 41.3 Å². The van der Waals surface area contributed by atoms with Gasteiger partial charge in [-0.1, -0.05) is 26.0 Å². The Kier molecular flexibility index (Phi) is 5.02. The predicted molar refractivity (Wildman–Crippen MR) is 96.1 cm³/mol. The van der Waals surface area contributed by atoms with Crippen LogP contribution in [0.3, 0.4) is 0 Å². The molecule has 1 aromatic carbocycles. The molecular formula is C20H20N2O4. The summed E-state index contributed by atoms with van der Waals surface area (Å²) in [6, 6.07) is 10.2. The number of carbonyl (C=O) groups excluding carboxylic acids is 2. The highest BCUT2D eigenvalue weighted by atomic mass is 16.5. The van der Waals surface area contributed by atoms with E-state index in [4.69, 9.17) is 4.74 Å². The molecule has 3 rings (SSSR count). The van der Waals surface area contributed by atoms with E-state index in [0.29, 0.717) is 23.8 Å².